The number of carbonyl (C=O) groups is 2. The number of hydrogen-bond acceptors (Lipinski definition) is 2. The van der Waals surface area contributed by atoms with Crippen LogP contribution in [-0.2, 0) is 11.3 Å². The lowest BCUT2D eigenvalue weighted by atomic mass is 10.1. The smallest absolute Gasteiger partial charge is 0.335 e. The molecule has 0 bridgehead atoms. The summed E-state index contributed by atoms with van der Waals surface area (Å²) in [5, 5.41) is 9.98. The number of carboxylic acid groups (broad SMARTS) is 1. The van der Waals surface area contributed by atoms with Crippen molar-refractivity contribution in [3.05, 3.63) is 35.5 Å². The van der Waals surface area contributed by atoms with Crippen LogP contribution in [0.3, 0.4) is 0 Å². The van der Waals surface area contributed by atoms with Crippen LogP contribution in [0.1, 0.15) is 28.9 Å². The van der Waals surface area contributed by atoms with E-state index >= 15 is 0 Å². The molecule has 1 aliphatic rings. The molecule has 1 saturated heterocycles. The van der Waals surface area contributed by atoms with Crippen molar-refractivity contribution in [3.63, 3.8) is 0 Å². The summed E-state index contributed by atoms with van der Waals surface area (Å²) in [6.45, 7) is 4.31. The first-order valence-electron chi connectivity index (χ1n) is 7.17. The van der Waals surface area contributed by atoms with Gasteiger partial charge in [0.25, 0.3) is 0 Å². The number of likely N-dealkylation sites (tertiary alicyclic amines) is 1. The number of nitrogens with zero attached hydrogens (tertiary/aromatic N) is 2. The number of aromatic nitrogens is 1. The number of aromatic carboxylic acids is 1. The van der Waals surface area contributed by atoms with E-state index in [0.29, 0.717) is 18.5 Å². The SMILES string of the molecule is Cc1cc2cc(C(=O)O)ccc2n1CCN1CCCC1=O. The Labute approximate surface area is 122 Å². The van der Waals surface area contributed by atoms with Crippen LogP contribution < -0.4 is 0 Å². The number of rotatable bonds is 4. The first-order valence-corrected chi connectivity index (χ1v) is 7.17. The standard InChI is InChI=1S/C16H18N2O3/c1-11-9-13-10-12(16(20)21)4-5-14(13)18(11)8-7-17-6-2-3-15(17)19/h4-5,9-10H,2-3,6-8H2,1H3,(H,20,21). The Kier molecular flexibility index (Phi) is 3.41. The topological polar surface area (TPSA) is 62.5 Å². The van der Waals surface area contributed by atoms with Gasteiger partial charge in [0.1, 0.15) is 0 Å². The number of hydrogen-bond donors (Lipinski definition) is 1. The minimum Gasteiger partial charge on any atom is -0.478 e. The molecule has 1 amide bonds. The van der Waals surface area contributed by atoms with Crippen LogP contribution in [0.4, 0.5) is 0 Å². The number of amides is 1. The minimum atomic E-state index is -0.912. The van der Waals surface area contributed by atoms with Crippen LogP contribution in [0.5, 0.6) is 0 Å². The third-order valence-corrected chi connectivity index (χ3v) is 4.12. The first kappa shape index (κ1) is 13.7. The van der Waals surface area contributed by atoms with Gasteiger partial charge in [0.15, 0.2) is 0 Å². The van der Waals surface area contributed by atoms with Crippen molar-refractivity contribution in [3.8, 4) is 0 Å². The summed E-state index contributed by atoms with van der Waals surface area (Å²) in [5.41, 5.74) is 2.40. The molecule has 1 fully saturated rings. The van der Waals surface area contributed by atoms with E-state index in [1.165, 1.54) is 0 Å². The molecule has 0 unspecified atom stereocenters. The van der Waals surface area contributed by atoms with E-state index in [9.17, 15) is 9.59 Å². The second kappa shape index (κ2) is 5.24. The van der Waals surface area contributed by atoms with Gasteiger partial charge in [-0.2, -0.15) is 0 Å². The third-order valence-electron chi connectivity index (χ3n) is 4.12. The Morgan fingerprint density at radius 1 is 1.29 bits per heavy atom. The number of carbonyl (C=O) groups excluding carboxylic acids is 1. The summed E-state index contributed by atoms with van der Waals surface area (Å²) >= 11 is 0. The summed E-state index contributed by atoms with van der Waals surface area (Å²) in [4.78, 5) is 24.6. The maximum atomic E-state index is 11.7. The fourth-order valence-electron chi connectivity index (χ4n) is 3.00. The zero-order valence-electron chi connectivity index (χ0n) is 12.0. The average Bonchev–Trinajstić information content (AvgIpc) is 2.98. The lowest BCUT2D eigenvalue weighted by Gasteiger charge is -2.17. The lowest BCUT2D eigenvalue weighted by molar-refractivity contribution is -0.127. The van der Waals surface area contributed by atoms with Gasteiger partial charge >= 0.3 is 5.97 Å². The van der Waals surface area contributed by atoms with Crippen LogP contribution in [0.2, 0.25) is 0 Å². The molecule has 21 heavy (non-hydrogen) atoms. The molecule has 0 radical (unpaired) electrons. The number of fused-ring (bicyclic) bond motifs is 1. The van der Waals surface area contributed by atoms with Crippen molar-refractivity contribution in [1.29, 1.82) is 0 Å². The van der Waals surface area contributed by atoms with Crippen LogP contribution in [0.15, 0.2) is 24.3 Å². The molecule has 5 nitrogen and oxygen atoms in total. The van der Waals surface area contributed by atoms with E-state index in [-0.39, 0.29) is 5.91 Å². The Morgan fingerprint density at radius 3 is 2.76 bits per heavy atom. The van der Waals surface area contributed by atoms with Crippen molar-refractivity contribution in [1.82, 2.24) is 9.47 Å². The zero-order valence-corrected chi connectivity index (χ0v) is 12.0. The quantitative estimate of drug-likeness (QED) is 0.937. The minimum absolute atomic E-state index is 0.234. The van der Waals surface area contributed by atoms with Gasteiger partial charge in [-0.3, -0.25) is 4.79 Å². The van der Waals surface area contributed by atoms with Crippen LogP contribution >= 0.6 is 0 Å². The van der Waals surface area contributed by atoms with Crippen molar-refractivity contribution in [2.45, 2.75) is 26.3 Å². The molecule has 0 atom stereocenters. The monoisotopic (exact) mass is 286 g/mol. The Morgan fingerprint density at radius 2 is 2.10 bits per heavy atom. The predicted molar refractivity (Wildman–Crippen MR) is 79.4 cm³/mol. The van der Waals surface area contributed by atoms with Crippen molar-refractivity contribution >= 4 is 22.8 Å². The maximum absolute atomic E-state index is 11.7. The highest BCUT2D eigenvalue weighted by Crippen LogP contribution is 2.21. The number of benzene rings is 1. The zero-order chi connectivity index (χ0) is 15.0. The van der Waals surface area contributed by atoms with Gasteiger partial charge in [-0.05, 0) is 37.6 Å². The number of carboxylic acids is 1. The van der Waals surface area contributed by atoms with Crippen molar-refractivity contribution in [2.75, 3.05) is 13.1 Å². The molecule has 1 aliphatic heterocycles. The molecule has 2 heterocycles. The van der Waals surface area contributed by atoms with Crippen LogP contribution in [0, 0.1) is 6.92 Å². The van der Waals surface area contributed by atoms with Crippen molar-refractivity contribution < 1.29 is 14.7 Å². The highest BCUT2D eigenvalue weighted by atomic mass is 16.4. The summed E-state index contributed by atoms with van der Waals surface area (Å²) < 4.78 is 2.15. The fraction of sp³-hybridized carbons (Fsp3) is 0.375. The van der Waals surface area contributed by atoms with E-state index in [0.717, 1.165) is 36.1 Å². The van der Waals surface area contributed by atoms with Gasteiger partial charge in [-0.15, -0.1) is 0 Å². The molecule has 5 heteroatoms. The highest BCUT2D eigenvalue weighted by Gasteiger charge is 2.20. The first-order chi connectivity index (χ1) is 10.1. The van der Waals surface area contributed by atoms with E-state index in [2.05, 4.69) is 4.57 Å². The molecule has 1 aromatic carbocycles. The fourth-order valence-corrected chi connectivity index (χ4v) is 3.00. The molecule has 3 rings (SSSR count). The van der Waals surface area contributed by atoms with E-state index < -0.39 is 5.97 Å². The van der Waals surface area contributed by atoms with Gasteiger partial charge in [0.2, 0.25) is 5.91 Å². The lowest BCUT2D eigenvalue weighted by Crippen LogP contribution is -2.28. The Bertz CT molecular complexity index is 718. The normalized spacial score (nSPS) is 15.1. The van der Waals surface area contributed by atoms with E-state index in [1.807, 2.05) is 24.0 Å². The molecule has 2 aromatic rings. The maximum Gasteiger partial charge on any atom is 0.335 e. The van der Waals surface area contributed by atoms with Gasteiger partial charge in [0.05, 0.1) is 5.56 Å². The molecular weight excluding hydrogens is 268 g/mol. The molecule has 0 aliphatic carbocycles. The van der Waals surface area contributed by atoms with E-state index in [4.69, 9.17) is 5.11 Å². The summed E-state index contributed by atoms with van der Waals surface area (Å²) in [7, 11) is 0. The number of aryl methyl sites for hydroxylation is 1. The predicted octanol–water partition coefficient (Wildman–Crippen LogP) is 2.27. The van der Waals surface area contributed by atoms with E-state index in [1.54, 1.807) is 12.1 Å². The summed E-state index contributed by atoms with van der Waals surface area (Å²) in [6, 6.07) is 7.16. The summed E-state index contributed by atoms with van der Waals surface area (Å²) in [6.07, 6.45) is 1.61. The molecular formula is C16H18N2O3. The van der Waals surface area contributed by atoms with Crippen LogP contribution in [0.25, 0.3) is 10.9 Å². The van der Waals surface area contributed by atoms with Gasteiger partial charge in [-0.25, -0.2) is 4.79 Å². The molecule has 110 valence electrons. The average molecular weight is 286 g/mol. The molecule has 0 saturated carbocycles. The second-order valence-corrected chi connectivity index (χ2v) is 5.50. The molecule has 1 N–H and O–H groups in total. The Hall–Kier alpha value is -2.30. The summed E-state index contributed by atoms with van der Waals surface area (Å²) in [5.74, 6) is -0.678. The highest BCUT2D eigenvalue weighted by molar-refractivity contribution is 5.94. The largest absolute Gasteiger partial charge is 0.478 e. The molecule has 0 spiro atoms. The van der Waals surface area contributed by atoms with Gasteiger partial charge < -0.3 is 14.6 Å². The Balaban J connectivity index is 1.86. The van der Waals surface area contributed by atoms with Gasteiger partial charge in [0, 0.05) is 42.7 Å². The van der Waals surface area contributed by atoms with Crippen molar-refractivity contribution in [2.24, 2.45) is 0 Å². The molecule has 1 aromatic heterocycles. The van der Waals surface area contributed by atoms with Crippen LogP contribution in [-0.4, -0.2) is 39.5 Å². The second-order valence-electron chi connectivity index (χ2n) is 5.50. The van der Waals surface area contributed by atoms with Gasteiger partial charge in [-0.1, -0.05) is 0 Å². The third kappa shape index (κ3) is 2.51.